The number of aromatic nitrogens is 2. The van der Waals surface area contributed by atoms with Crippen molar-refractivity contribution in [2.75, 3.05) is 5.32 Å². The maximum atomic E-state index is 13.6. The second-order valence-corrected chi connectivity index (χ2v) is 6.13. The molecule has 0 unspecified atom stereocenters. The lowest BCUT2D eigenvalue weighted by atomic mass is 10.1. The Bertz CT molecular complexity index is 1020. The van der Waals surface area contributed by atoms with E-state index in [2.05, 4.69) is 10.3 Å². The van der Waals surface area contributed by atoms with Gasteiger partial charge in [0.05, 0.1) is 4.88 Å². The summed E-state index contributed by atoms with van der Waals surface area (Å²) >= 11 is 1.36. The van der Waals surface area contributed by atoms with Crippen LogP contribution in [-0.2, 0) is 0 Å². The first kappa shape index (κ1) is 14.6. The second-order valence-electron chi connectivity index (χ2n) is 5.18. The molecule has 0 radical (unpaired) electrons. The molecule has 0 saturated heterocycles. The van der Waals surface area contributed by atoms with Gasteiger partial charge in [-0.05, 0) is 35.7 Å². The molecule has 0 fully saturated rings. The Kier molecular flexibility index (Phi) is 3.59. The number of hydrogen-bond acceptors (Lipinski definition) is 3. The Morgan fingerprint density at radius 2 is 2.04 bits per heavy atom. The van der Waals surface area contributed by atoms with Crippen molar-refractivity contribution in [2.24, 2.45) is 0 Å². The lowest BCUT2D eigenvalue weighted by molar-refractivity contribution is 0.103. The number of pyridine rings is 1. The molecule has 0 aliphatic rings. The van der Waals surface area contributed by atoms with Gasteiger partial charge in [0.2, 0.25) is 0 Å². The summed E-state index contributed by atoms with van der Waals surface area (Å²) in [5.74, 6) is -0.0389. The molecule has 4 rings (SSSR count). The van der Waals surface area contributed by atoms with E-state index in [1.165, 1.54) is 23.5 Å². The number of nitrogens with one attached hydrogen (secondary N) is 1. The molecule has 6 heteroatoms. The molecule has 4 aromatic rings. The third-order valence-corrected chi connectivity index (χ3v) is 4.47. The first-order valence-electron chi connectivity index (χ1n) is 7.30. The summed E-state index contributed by atoms with van der Waals surface area (Å²) in [6, 6.07) is 15.3. The SMILES string of the molecule is O=C(Nc1c(-c2cccc(F)c2)nc2ccccn12)c1cccs1. The highest BCUT2D eigenvalue weighted by Crippen LogP contribution is 2.29. The number of imidazole rings is 1. The van der Waals surface area contributed by atoms with E-state index < -0.39 is 0 Å². The van der Waals surface area contributed by atoms with Gasteiger partial charge >= 0.3 is 0 Å². The number of anilines is 1. The zero-order valence-corrected chi connectivity index (χ0v) is 13.3. The van der Waals surface area contributed by atoms with Gasteiger partial charge in [-0.1, -0.05) is 24.3 Å². The lowest BCUT2D eigenvalue weighted by Crippen LogP contribution is -2.12. The van der Waals surface area contributed by atoms with Gasteiger partial charge in [-0.25, -0.2) is 9.37 Å². The lowest BCUT2D eigenvalue weighted by Gasteiger charge is -2.07. The molecule has 0 spiro atoms. The number of hydrogen-bond donors (Lipinski definition) is 1. The fourth-order valence-electron chi connectivity index (χ4n) is 2.53. The zero-order valence-electron chi connectivity index (χ0n) is 12.4. The molecule has 0 bridgehead atoms. The molecule has 0 atom stereocenters. The maximum Gasteiger partial charge on any atom is 0.266 e. The number of nitrogens with zero attached hydrogens (tertiary/aromatic N) is 2. The van der Waals surface area contributed by atoms with Crippen molar-refractivity contribution in [1.29, 1.82) is 0 Å². The van der Waals surface area contributed by atoms with Crippen LogP contribution in [0.4, 0.5) is 10.2 Å². The van der Waals surface area contributed by atoms with E-state index >= 15 is 0 Å². The van der Waals surface area contributed by atoms with Crippen LogP contribution < -0.4 is 5.32 Å². The summed E-state index contributed by atoms with van der Waals surface area (Å²) in [4.78, 5) is 17.6. The van der Waals surface area contributed by atoms with E-state index in [0.717, 1.165) is 0 Å². The second kappa shape index (κ2) is 5.90. The van der Waals surface area contributed by atoms with Gasteiger partial charge in [0.25, 0.3) is 5.91 Å². The minimum atomic E-state index is -0.347. The number of fused-ring (bicyclic) bond motifs is 1. The Hall–Kier alpha value is -2.99. The third-order valence-electron chi connectivity index (χ3n) is 3.60. The Morgan fingerprint density at radius 3 is 2.83 bits per heavy atom. The number of amides is 1. The molecular weight excluding hydrogens is 325 g/mol. The van der Waals surface area contributed by atoms with Crippen molar-refractivity contribution in [3.8, 4) is 11.3 Å². The number of carbonyl (C=O) groups excluding carboxylic acids is 1. The summed E-state index contributed by atoms with van der Waals surface area (Å²) < 4.78 is 15.4. The van der Waals surface area contributed by atoms with Crippen LogP contribution in [0.5, 0.6) is 0 Å². The van der Waals surface area contributed by atoms with E-state index in [-0.39, 0.29) is 11.7 Å². The normalized spacial score (nSPS) is 10.9. The largest absolute Gasteiger partial charge is 0.305 e. The van der Waals surface area contributed by atoms with Crippen LogP contribution in [-0.4, -0.2) is 15.3 Å². The van der Waals surface area contributed by atoms with Crippen LogP contribution >= 0.6 is 11.3 Å². The standard InChI is InChI=1S/C18H12FN3OS/c19-13-6-3-5-12(11-13)16-17(21-18(23)14-7-4-10-24-14)22-9-2-1-8-15(22)20-16/h1-11H,(H,21,23). The molecular formula is C18H12FN3OS. The van der Waals surface area contributed by atoms with Crippen molar-refractivity contribution in [2.45, 2.75) is 0 Å². The van der Waals surface area contributed by atoms with Gasteiger partial charge < -0.3 is 5.32 Å². The molecule has 0 aliphatic heterocycles. The van der Waals surface area contributed by atoms with Gasteiger partial charge in [-0.15, -0.1) is 11.3 Å². The van der Waals surface area contributed by atoms with Crippen LogP contribution in [0, 0.1) is 5.82 Å². The Balaban J connectivity index is 1.86. The van der Waals surface area contributed by atoms with Crippen LogP contribution in [0.15, 0.2) is 66.2 Å². The summed E-state index contributed by atoms with van der Waals surface area (Å²) in [6.07, 6.45) is 1.81. The number of thiophene rings is 1. The van der Waals surface area contributed by atoms with Crippen molar-refractivity contribution in [3.05, 3.63) is 76.9 Å². The van der Waals surface area contributed by atoms with E-state index in [9.17, 15) is 9.18 Å². The van der Waals surface area contributed by atoms with Crippen LogP contribution in [0.3, 0.4) is 0 Å². The first-order chi connectivity index (χ1) is 11.7. The molecule has 0 saturated carbocycles. The predicted octanol–water partition coefficient (Wildman–Crippen LogP) is 4.45. The van der Waals surface area contributed by atoms with Gasteiger partial charge in [0.15, 0.2) is 0 Å². The number of benzene rings is 1. The predicted molar refractivity (Wildman–Crippen MR) is 92.9 cm³/mol. The maximum absolute atomic E-state index is 13.6. The molecule has 0 aliphatic carbocycles. The Labute approximate surface area is 141 Å². The fourth-order valence-corrected chi connectivity index (χ4v) is 3.15. The van der Waals surface area contributed by atoms with Crippen molar-refractivity contribution < 1.29 is 9.18 Å². The Morgan fingerprint density at radius 1 is 1.12 bits per heavy atom. The smallest absolute Gasteiger partial charge is 0.266 e. The van der Waals surface area contributed by atoms with Crippen molar-refractivity contribution in [1.82, 2.24) is 9.38 Å². The van der Waals surface area contributed by atoms with E-state index in [1.807, 2.05) is 35.8 Å². The molecule has 3 aromatic heterocycles. The van der Waals surface area contributed by atoms with Crippen molar-refractivity contribution >= 4 is 28.7 Å². The van der Waals surface area contributed by atoms with Gasteiger partial charge in [-0.2, -0.15) is 0 Å². The quantitative estimate of drug-likeness (QED) is 0.600. The molecule has 4 nitrogen and oxygen atoms in total. The highest BCUT2D eigenvalue weighted by Gasteiger charge is 2.17. The summed E-state index contributed by atoms with van der Waals surface area (Å²) in [7, 11) is 0. The van der Waals surface area contributed by atoms with Crippen molar-refractivity contribution in [3.63, 3.8) is 0 Å². The first-order valence-corrected chi connectivity index (χ1v) is 8.18. The van der Waals surface area contributed by atoms with E-state index in [1.54, 1.807) is 22.6 Å². The molecule has 118 valence electrons. The van der Waals surface area contributed by atoms with Gasteiger partial charge in [-0.3, -0.25) is 9.20 Å². The highest BCUT2D eigenvalue weighted by molar-refractivity contribution is 7.12. The summed E-state index contributed by atoms with van der Waals surface area (Å²) in [5, 5.41) is 4.75. The minimum Gasteiger partial charge on any atom is -0.305 e. The number of halogens is 1. The molecule has 1 amide bonds. The monoisotopic (exact) mass is 337 g/mol. The van der Waals surface area contributed by atoms with Crippen LogP contribution in [0.1, 0.15) is 9.67 Å². The third kappa shape index (κ3) is 2.57. The zero-order chi connectivity index (χ0) is 16.5. The number of rotatable bonds is 3. The molecule has 1 N–H and O–H groups in total. The minimum absolute atomic E-state index is 0.215. The van der Waals surface area contributed by atoms with Crippen LogP contribution in [0.2, 0.25) is 0 Å². The fraction of sp³-hybridized carbons (Fsp3) is 0. The summed E-state index contributed by atoms with van der Waals surface area (Å²) in [6.45, 7) is 0. The van der Waals surface area contributed by atoms with E-state index in [4.69, 9.17) is 0 Å². The molecule has 1 aromatic carbocycles. The van der Waals surface area contributed by atoms with Crippen LogP contribution in [0.25, 0.3) is 16.9 Å². The molecule has 3 heterocycles. The van der Waals surface area contributed by atoms with E-state index in [0.29, 0.717) is 27.6 Å². The van der Waals surface area contributed by atoms with Gasteiger partial charge in [0, 0.05) is 11.8 Å². The highest BCUT2D eigenvalue weighted by atomic mass is 32.1. The average Bonchev–Trinajstić information content (AvgIpc) is 3.23. The van der Waals surface area contributed by atoms with Gasteiger partial charge in [0.1, 0.15) is 23.0 Å². The topological polar surface area (TPSA) is 46.4 Å². The number of carbonyl (C=O) groups is 1. The molecule has 24 heavy (non-hydrogen) atoms. The average molecular weight is 337 g/mol. The summed E-state index contributed by atoms with van der Waals surface area (Å²) in [5.41, 5.74) is 1.82.